The van der Waals surface area contributed by atoms with Gasteiger partial charge in [-0.25, -0.2) is 0 Å². The highest BCUT2D eigenvalue weighted by Crippen LogP contribution is 2.04. The minimum absolute atomic E-state index is 0.702. The molecule has 0 saturated carbocycles. The SMILES string of the molecule is C#CCC=Cc1ccc(C)cc1. The first kappa shape index (κ1) is 8.62. The number of hydrogen-bond donors (Lipinski definition) is 0. The average Bonchev–Trinajstić information content (AvgIpc) is 2.09. The third-order valence-corrected chi connectivity index (χ3v) is 1.62. The van der Waals surface area contributed by atoms with E-state index < -0.39 is 0 Å². The van der Waals surface area contributed by atoms with Gasteiger partial charge in [0.2, 0.25) is 0 Å². The summed E-state index contributed by atoms with van der Waals surface area (Å²) in [6, 6.07) is 8.36. The van der Waals surface area contributed by atoms with Crippen molar-refractivity contribution in [1.82, 2.24) is 0 Å². The van der Waals surface area contributed by atoms with Crippen LogP contribution >= 0.6 is 0 Å². The minimum Gasteiger partial charge on any atom is -0.120 e. The van der Waals surface area contributed by atoms with E-state index in [1.807, 2.05) is 12.2 Å². The van der Waals surface area contributed by atoms with Gasteiger partial charge in [-0.1, -0.05) is 42.0 Å². The highest BCUT2D eigenvalue weighted by atomic mass is 13.9. The van der Waals surface area contributed by atoms with Crippen LogP contribution in [0, 0.1) is 19.3 Å². The zero-order chi connectivity index (χ0) is 8.81. The Bertz CT molecular complexity index is 296. The lowest BCUT2D eigenvalue weighted by Gasteiger charge is -1.93. The Morgan fingerprint density at radius 3 is 2.58 bits per heavy atom. The fraction of sp³-hybridized carbons (Fsp3) is 0.167. The largest absolute Gasteiger partial charge is 0.120 e. The molecule has 0 atom stereocenters. The molecule has 0 aliphatic heterocycles. The third kappa shape index (κ3) is 2.64. The van der Waals surface area contributed by atoms with E-state index in [-0.39, 0.29) is 0 Å². The highest BCUT2D eigenvalue weighted by Gasteiger charge is 1.84. The van der Waals surface area contributed by atoms with E-state index in [0.717, 1.165) is 0 Å². The predicted octanol–water partition coefficient (Wildman–Crippen LogP) is 3.03. The van der Waals surface area contributed by atoms with Gasteiger partial charge in [-0.3, -0.25) is 0 Å². The third-order valence-electron chi connectivity index (χ3n) is 1.62. The summed E-state index contributed by atoms with van der Waals surface area (Å²) in [4.78, 5) is 0. The highest BCUT2D eigenvalue weighted by molar-refractivity contribution is 5.49. The quantitative estimate of drug-likeness (QED) is 0.577. The lowest BCUT2D eigenvalue weighted by Crippen LogP contribution is -1.72. The van der Waals surface area contributed by atoms with Gasteiger partial charge in [0.15, 0.2) is 0 Å². The summed E-state index contributed by atoms with van der Waals surface area (Å²) < 4.78 is 0. The van der Waals surface area contributed by atoms with Gasteiger partial charge in [0.05, 0.1) is 0 Å². The average molecular weight is 156 g/mol. The Kier molecular flexibility index (Phi) is 3.17. The lowest BCUT2D eigenvalue weighted by atomic mass is 10.1. The molecular formula is C12H12. The standard InChI is InChI=1S/C12H12/c1-3-4-5-6-12-9-7-11(2)8-10-12/h1,5-10H,4H2,2H3. The zero-order valence-electron chi connectivity index (χ0n) is 7.25. The zero-order valence-corrected chi connectivity index (χ0v) is 7.25. The molecule has 12 heavy (non-hydrogen) atoms. The van der Waals surface area contributed by atoms with E-state index in [9.17, 15) is 0 Å². The molecule has 1 aromatic carbocycles. The molecule has 0 unspecified atom stereocenters. The molecule has 0 aliphatic carbocycles. The van der Waals surface area contributed by atoms with Crippen molar-refractivity contribution in [2.45, 2.75) is 13.3 Å². The van der Waals surface area contributed by atoms with Crippen LogP contribution in [0.15, 0.2) is 30.3 Å². The first-order chi connectivity index (χ1) is 5.83. The monoisotopic (exact) mass is 156 g/mol. The molecule has 0 amide bonds. The fourth-order valence-corrected chi connectivity index (χ4v) is 0.941. The maximum Gasteiger partial charge on any atom is 0.0270 e. The molecule has 0 bridgehead atoms. The molecule has 0 heterocycles. The van der Waals surface area contributed by atoms with Gasteiger partial charge in [0.1, 0.15) is 0 Å². The molecule has 0 saturated heterocycles. The first-order valence-electron chi connectivity index (χ1n) is 3.99. The van der Waals surface area contributed by atoms with Crippen LogP contribution in [0.5, 0.6) is 0 Å². The molecule has 0 N–H and O–H groups in total. The van der Waals surface area contributed by atoms with Crippen molar-refractivity contribution in [3.63, 3.8) is 0 Å². The number of terminal acetylenes is 1. The van der Waals surface area contributed by atoms with Crippen molar-refractivity contribution in [3.05, 3.63) is 41.5 Å². The maximum atomic E-state index is 5.12. The van der Waals surface area contributed by atoms with E-state index in [2.05, 4.69) is 37.1 Å². The molecule has 0 aromatic heterocycles. The Morgan fingerprint density at radius 2 is 2.00 bits per heavy atom. The van der Waals surface area contributed by atoms with Crippen LogP contribution in [0.4, 0.5) is 0 Å². The number of hydrogen-bond acceptors (Lipinski definition) is 0. The molecule has 0 radical (unpaired) electrons. The molecule has 1 rings (SSSR count). The number of allylic oxidation sites excluding steroid dienone is 1. The van der Waals surface area contributed by atoms with Crippen molar-refractivity contribution in [3.8, 4) is 12.3 Å². The van der Waals surface area contributed by atoms with Crippen LogP contribution in [0.3, 0.4) is 0 Å². The molecule has 60 valence electrons. The number of rotatable bonds is 2. The van der Waals surface area contributed by atoms with Crippen LogP contribution in [0.25, 0.3) is 6.08 Å². The second-order valence-electron chi connectivity index (χ2n) is 2.72. The van der Waals surface area contributed by atoms with Gasteiger partial charge in [-0.15, -0.1) is 12.3 Å². The summed E-state index contributed by atoms with van der Waals surface area (Å²) in [5.41, 5.74) is 2.49. The maximum absolute atomic E-state index is 5.12. The van der Waals surface area contributed by atoms with E-state index in [0.29, 0.717) is 6.42 Å². The topological polar surface area (TPSA) is 0 Å². The Morgan fingerprint density at radius 1 is 1.33 bits per heavy atom. The molecule has 0 aliphatic rings. The fourth-order valence-electron chi connectivity index (χ4n) is 0.941. The number of benzene rings is 1. The second kappa shape index (κ2) is 4.41. The predicted molar refractivity (Wildman–Crippen MR) is 53.7 cm³/mol. The van der Waals surface area contributed by atoms with Gasteiger partial charge < -0.3 is 0 Å². The molecule has 0 nitrogen and oxygen atoms in total. The normalized spacial score (nSPS) is 10.0. The van der Waals surface area contributed by atoms with Gasteiger partial charge in [0.25, 0.3) is 0 Å². The van der Waals surface area contributed by atoms with Gasteiger partial charge in [-0.2, -0.15) is 0 Å². The summed E-state index contributed by atoms with van der Waals surface area (Å²) in [5, 5.41) is 0. The Labute approximate surface area is 73.9 Å². The van der Waals surface area contributed by atoms with E-state index in [1.165, 1.54) is 11.1 Å². The second-order valence-corrected chi connectivity index (χ2v) is 2.72. The Balaban J connectivity index is 2.66. The van der Waals surface area contributed by atoms with Gasteiger partial charge >= 0.3 is 0 Å². The molecule has 0 heteroatoms. The summed E-state index contributed by atoms with van der Waals surface area (Å²) in [5.74, 6) is 2.56. The van der Waals surface area contributed by atoms with Crippen molar-refractivity contribution in [1.29, 1.82) is 0 Å². The first-order valence-corrected chi connectivity index (χ1v) is 3.99. The van der Waals surface area contributed by atoms with Gasteiger partial charge in [-0.05, 0) is 12.5 Å². The van der Waals surface area contributed by atoms with Crippen LogP contribution in [-0.4, -0.2) is 0 Å². The van der Waals surface area contributed by atoms with Crippen LogP contribution in [-0.2, 0) is 0 Å². The van der Waals surface area contributed by atoms with Crippen LogP contribution in [0.1, 0.15) is 17.5 Å². The number of aryl methyl sites for hydroxylation is 1. The van der Waals surface area contributed by atoms with E-state index in [1.54, 1.807) is 0 Å². The minimum atomic E-state index is 0.702. The van der Waals surface area contributed by atoms with Crippen molar-refractivity contribution >= 4 is 6.08 Å². The van der Waals surface area contributed by atoms with Crippen molar-refractivity contribution in [2.75, 3.05) is 0 Å². The molecule has 0 spiro atoms. The Hall–Kier alpha value is -1.48. The van der Waals surface area contributed by atoms with E-state index in [4.69, 9.17) is 6.42 Å². The van der Waals surface area contributed by atoms with Gasteiger partial charge in [0, 0.05) is 6.42 Å². The summed E-state index contributed by atoms with van der Waals surface area (Å²) >= 11 is 0. The smallest absolute Gasteiger partial charge is 0.0270 e. The summed E-state index contributed by atoms with van der Waals surface area (Å²) in [6.45, 7) is 2.08. The lowest BCUT2D eigenvalue weighted by molar-refractivity contribution is 1.45. The van der Waals surface area contributed by atoms with Crippen LogP contribution in [0.2, 0.25) is 0 Å². The molecule has 1 aromatic rings. The van der Waals surface area contributed by atoms with Crippen molar-refractivity contribution in [2.24, 2.45) is 0 Å². The molecule has 0 fully saturated rings. The van der Waals surface area contributed by atoms with E-state index >= 15 is 0 Å². The molecular weight excluding hydrogens is 144 g/mol. The summed E-state index contributed by atoms with van der Waals surface area (Å²) in [7, 11) is 0. The van der Waals surface area contributed by atoms with Crippen molar-refractivity contribution < 1.29 is 0 Å². The van der Waals surface area contributed by atoms with Crippen LogP contribution < -0.4 is 0 Å². The summed E-state index contributed by atoms with van der Waals surface area (Å²) in [6.07, 6.45) is 9.85.